The van der Waals surface area contributed by atoms with Crippen LogP contribution in [0.15, 0.2) is 12.1 Å². The molecule has 0 spiro atoms. The van der Waals surface area contributed by atoms with Crippen LogP contribution in [0.2, 0.25) is 5.02 Å². The summed E-state index contributed by atoms with van der Waals surface area (Å²) in [6.45, 7) is 1.75. The summed E-state index contributed by atoms with van der Waals surface area (Å²) in [6, 6.07) is 3.29. The maximum atomic E-state index is 11.8. The molecule has 16 heavy (non-hydrogen) atoms. The Balaban J connectivity index is 3.31. The summed E-state index contributed by atoms with van der Waals surface area (Å²) >= 11 is 9.27. The molecular weight excluding hydrogens is 295 g/mol. The first-order valence-corrected chi connectivity index (χ1v) is 5.91. The Morgan fingerprint density at radius 3 is 2.44 bits per heavy atom. The van der Waals surface area contributed by atoms with Gasteiger partial charge in [-0.05, 0) is 19.1 Å². The number of carbonyl (C=O) groups is 1. The van der Waals surface area contributed by atoms with E-state index in [1.807, 2.05) is 0 Å². The van der Waals surface area contributed by atoms with Crippen molar-refractivity contribution in [2.45, 2.75) is 11.8 Å². The van der Waals surface area contributed by atoms with Crippen molar-refractivity contribution >= 4 is 33.3 Å². The third-order valence-electron chi connectivity index (χ3n) is 2.11. The van der Waals surface area contributed by atoms with E-state index in [4.69, 9.17) is 21.1 Å². The van der Waals surface area contributed by atoms with E-state index in [2.05, 4.69) is 15.9 Å². The van der Waals surface area contributed by atoms with Crippen molar-refractivity contribution in [2.75, 3.05) is 14.2 Å². The maximum Gasteiger partial charge on any atom is 0.179 e. The molecular formula is C11H12BrClO3. The molecule has 88 valence electrons. The highest BCUT2D eigenvalue weighted by molar-refractivity contribution is 9.10. The number of alkyl halides is 1. The summed E-state index contributed by atoms with van der Waals surface area (Å²) < 4.78 is 10.2. The van der Waals surface area contributed by atoms with Gasteiger partial charge in [0.15, 0.2) is 11.5 Å². The zero-order valence-corrected chi connectivity index (χ0v) is 11.6. The third-order valence-corrected chi connectivity index (χ3v) is 2.89. The molecule has 0 N–H and O–H groups in total. The molecule has 0 aliphatic heterocycles. The van der Waals surface area contributed by atoms with E-state index in [0.29, 0.717) is 22.1 Å². The lowest BCUT2D eigenvalue weighted by molar-refractivity contribution is 0.0993. The summed E-state index contributed by atoms with van der Waals surface area (Å²) in [7, 11) is 2.98. The van der Waals surface area contributed by atoms with Crippen molar-refractivity contribution in [3.63, 3.8) is 0 Å². The molecule has 0 amide bonds. The topological polar surface area (TPSA) is 35.5 Å². The highest BCUT2D eigenvalue weighted by atomic mass is 79.9. The normalized spacial score (nSPS) is 12.1. The van der Waals surface area contributed by atoms with E-state index in [1.54, 1.807) is 19.1 Å². The van der Waals surface area contributed by atoms with Crippen LogP contribution in [-0.4, -0.2) is 24.8 Å². The van der Waals surface area contributed by atoms with Gasteiger partial charge in [-0.25, -0.2) is 0 Å². The van der Waals surface area contributed by atoms with Crippen molar-refractivity contribution in [2.24, 2.45) is 0 Å². The lowest BCUT2D eigenvalue weighted by atomic mass is 10.1. The van der Waals surface area contributed by atoms with E-state index >= 15 is 0 Å². The van der Waals surface area contributed by atoms with Crippen molar-refractivity contribution < 1.29 is 14.3 Å². The Labute approximate surface area is 108 Å². The van der Waals surface area contributed by atoms with Crippen LogP contribution in [0.1, 0.15) is 17.3 Å². The van der Waals surface area contributed by atoms with Gasteiger partial charge >= 0.3 is 0 Å². The third kappa shape index (κ3) is 2.50. The van der Waals surface area contributed by atoms with Gasteiger partial charge in [-0.3, -0.25) is 4.79 Å². The molecule has 0 heterocycles. The second kappa shape index (κ2) is 5.55. The smallest absolute Gasteiger partial charge is 0.179 e. The lowest BCUT2D eigenvalue weighted by Crippen LogP contribution is -2.11. The predicted octanol–water partition coefficient (Wildman–Crippen LogP) is 3.32. The first kappa shape index (κ1) is 13.3. The minimum absolute atomic E-state index is 0.0820. The van der Waals surface area contributed by atoms with Crippen LogP contribution < -0.4 is 9.47 Å². The first-order valence-electron chi connectivity index (χ1n) is 4.61. The fourth-order valence-corrected chi connectivity index (χ4v) is 1.87. The number of rotatable bonds is 4. The molecule has 1 unspecified atom stereocenters. The van der Waals surface area contributed by atoms with E-state index in [9.17, 15) is 4.79 Å². The molecule has 5 heteroatoms. The zero-order valence-electron chi connectivity index (χ0n) is 9.21. The quantitative estimate of drug-likeness (QED) is 0.632. The number of methoxy groups -OCH3 is 2. The summed E-state index contributed by atoms with van der Waals surface area (Å²) in [5.74, 6) is 0.746. The molecule has 0 bridgehead atoms. The average Bonchev–Trinajstić information content (AvgIpc) is 2.27. The number of Topliss-reactive ketones (excluding diaryl/α,β-unsaturated/α-hetero) is 1. The summed E-state index contributed by atoms with van der Waals surface area (Å²) in [5, 5.41) is 0.309. The summed E-state index contributed by atoms with van der Waals surface area (Å²) in [5.41, 5.74) is 0.442. The van der Waals surface area contributed by atoms with Crippen molar-refractivity contribution in [3.05, 3.63) is 22.7 Å². The number of ketones is 1. The lowest BCUT2D eigenvalue weighted by Gasteiger charge is -2.13. The molecule has 1 atom stereocenters. The Kier molecular flexibility index (Phi) is 4.62. The number of halogens is 2. The maximum absolute atomic E-state index is 11.8. The largest absolute Gasteiger partial charge is 0.495 e. The van der Waals surface area contributed by atoms with Crippen LogP contribution in [0.5, 0.6) is 11.5 Å². The van der Waals surface area contributed by atoms with Gasteiger partial charge in [0.1, 0.15) is 10.8 Å². The fourth-order valence-electron chi connectivity index (χ4n) is 1.30. The monoisotopic (exact) mass is 306 g/mol. The van der Waals surface area contributed by atoms with Crippen LogP contribution in [-0.2, 0) is 0 Å². The average molecular weight is 308 g/mol. The van der Waals surface area contributed by atoms with E-state index in [1.165, 1.54) is 14.2 Å². The Morgan fingerprint density at radius 1 is 1.38 bits per heavy atom. The number of hydrogen-bond donors (Lipinski definition) is 0. The number of benzene rings is 1. The number of ether oxygens (including phenoxy) is 2. The van der Waals surface area contributed by atoms with Gasteiger partial charge in [-0.2, -0.15) is 0 Å². The SMILES string of the molecule is COc1ccc(C(=O)C(C)Br)c(OC)c1Cl. The molecule has 0 fully saturated rings. The first-order chi connectivity index (χ1) is 7.52. The molecule has 1 rings (SSSR count). The Morgan fingerprint density at radius 2 is 2.00 bits per heavy atom. The van der Waals surface area contributed by atoms with Crippen LogP contribution in [0.25, 0.3) is 0 Å². The molecule has 0 radical (unpaired) electrons. The zero-order chi connectivity index (χ0) is 12.3. The highest BCUT2D eigenvalue weighted by Crippen LogP contribution is 2.37. The number of hydrogen-bond acceptors (Lipinski definition) is 3. The minimum atomic E-state index is -0.286. The fraction of sp³-hybridized carbons (Fsp3) is 0.364. The van der Waals surface area contributed by atoms with E-state index < -0.39 is 0 Å². The van der Waals surface area contributed by atoms with Gasteiger partial charge in [0.2, 0.25) is 0 Å². The van der Waals surface area contributed by atoms with E-state index in [-0.39, 0.29) is 10.6 Å². The van der Waals surface area contributed by atoms with Gasteiger partial charge in [0, 0.05) is 0 Å². The predicted molar refractivity (Wildman–Crippen MR) is 67.3 cm³/mol. The summed E-state index contributed by atoms with van der Waals surface area (Å²) in [4.78, 5) is 11.6. The molecule has 0 aliphatic rings. The van der Waals surface area contributed by atoms with Gasteiger partial charge < -0.3 is 9.47 Å². The van der Waals surface area contributed by atoms with Crippen molar-refractivity contribution in [3.8, 4) is 11.5 Å². The Bertz CT molecular complexity index is 404. The Hall–Kier alpha value is -0.740. The van der Waals surface area contributed by atoms with Crippen LogP contribution >= 0.6 is 27.5 Å². The molecule has 0 aliphatic carbocycles. The molecule has 1 aromatic carbocycles. The van der Waals surface area contributed by atoms with Gasteiger partial charge in [-0.1, -0.05) is 27.5 Å². The molecule has 0 aromatic heterocycles. The molecule has 3 nitrogen and oxygen atoms in total. The van der Waals surface area contributed by atoms with Gasteiger partial charge in [0.25, 0.3) is 0 Å². The van der Waals surface area contributed by atoms with Gasteiger partial charge in [0.05, 0.1) is 24.6 Å². The van der Waals surface area contributed by atoms with Crippen molar-refractivity contribution in [1.82, 2.24) is 0 Å². The van der Waals surface area contributed by atoms with Crippen LogP contribution in [0.4, 0.5) is 0 Å². The molecule has 1 aromatic rings. The summed E-state index contributed by atoms with van der Waals surface area (Å²) in [6.07, 6.45) is 0. The van der Waals surface area contributed by atoms with Gasteiger partial charge in [-0.15, -0.1) is 0 Å². The molecule has 0 saturated carbocycles. The minimum Gasteiger partial charge on any atom is -0.495 e. The standard InChI is InChI=1S/C11H12BrClO3/c1-6(12)10(14)7-4-5-8(15-2)9(13)11(7)16-3/h4-6H,1-3H3. The molecule has 0 saturated heterocycles. The van der Waals surface area contributed by atoms with E-state index in [0.717, 1.165) is 0 Å². The number of carbonyl (C=O) groups excluding carboxylic acids is 1. The van der Waals surface area contributed by atoms with Crippen LogP contribution in [0, 0.1) is 0 Å². The highest BCUT2D eigenvalue weighted by Gasteiger charge is 2.21. The van der Waals surface area contributed by atoms with Crippen LogP contribution in [0.3, 0.4) is 0 Å². The second-order valence-electron chi connectivity index (χ2n) is 3.14. The van der Waals surface area contributed by atoms with Crippen molar-refractivity contribution in [1.29, 1.82) is 0 Å². The second-order valence-corrected chi connectivity index (χ2v) is 4.89.